The van der Waals surface area contributed by atoms with E-state index in [1.54, 1.807) is 14.0 Å². The van der Waals surface area contributed by atoms with Gasteiger partial charge in [-0.05, 0) is 19.1 Å². The van der Waals surface area contributed by atoms with Crippen LogP contribution in [-0.2, 0) is 4.79 Å². The van der Waals surface area contributed by atoms with Crippen molar-refractivity contribution in [1.29, 1.82) is 0 Å². The number of amides is 1. The Kier molecular flexibility index (Phi) is 1.86. The van der Waals surface area contributed by atoms with Crippen LogP contribution in [0, 0.1) is 5.92 Å². The number of carbonyl (C=O) groups is 2. The maximum Gasteiger partial charge on any atom is 0.246 e. The van der Waals surface area contributed by atoms with Gasteiger partial charge in [0.05, 0.1) is 11.0 Å². The topological polar surface area (TPSA) is 55.2 Å². The van der Waals surface area contributed by atoms with E-state index >= 15 is 0 Å². The van der Waals surface area contributed by atoms with Crippen molar-refractivity contribution >= 4 is 28.8 Å². The number of hydrogen-bond acceptors (Lipinski definition) is 3. The van der Waals surface area contributed by atoms with Crippen LogP contribution in [0.1, 0.15) is 11.7 Å². The first-order valence-corrected chi connectivity index (χ1v) is 5.40. The Hall–Kier alpha value is -2.17. The van der Waals surface area contributed by atoms with E-state index < -0.39 is 5.92 Å². The molecule has 0 aliphatic carbocycles. The maximum absolute atomic E-state index is 12.1. The minimum Gasteiger partial charge on any atom is -0.284 e. The number of rotatable bonds is 0. The first-order chi connectivity index (χ1) is 8.11. The Bertz CT molecular complexity index is 644. The molecule has 0 radical (unpaired) electrons. The zero-order valence-corrected chi connectivity index (χ0v) is 9.54. The van der Waals surface area contributed by atoms with Crippen molar-refractivity contribution in [3.63, 3.8) is 0 Å². The molecule has 86 valence electrons. The first kappa shape index (κ1) is 10.0. The number of nitrogens with zero attached hydrogens (tertiary/aromatic N) is 3. The normalized spacial score (nSPS) is 19.9. The maximum atomic E-state index is 12.1. The fourth-order valence-electron chi connectivity index (χ4n) is 2.14. The monoisotopic (exact) mass is 229 g/mol. The lowest BCUT2D eigenvalue weighted by Crippen LogP contribution is -2.44. The Morgan fingerprint density at radius 2 is 1.88 bits per heavy atom. The summed E-state index contributed by atoms with van der Waals surface area (Å²) in [5.74, 6) is -0.668. The molecule has 0 fully saturated rings. The van der Waals surface area contributed by atoms with Gasteiger partial charge in [-0.1, -0.05) is 12.1 Å². The highest BCUT2D eigenvalue weighted by molar-refractivity contribution is 6.14. The third-order valence-corrected chi connectivity index (χ3v) is 3.13. The van der Waals surface area contributed by atoms with Crippen LogP contribution in [0.5, 0.6) is 0 Å². The van der Waals surface area contributed by atoms with E-state index in [1.807, 2.05) is 24.3 Å². The van der Waals surface area contributed by atoms with Gasteiger partial charge in [-0.25, -0.2) is 9.55 Å². The summed E-state index contributed by atoms with van der Waals surface area (Å²) < 4.78 is 1.52. The number of imidazole rings is 1. The second-order valence-electron chi connectivity index (χ2n) is 4.19. The second kappa shape index (κ2) is 3.16. The highest BCUT2D eigenvalue weighted by Gasteiger charge is 2.36. The molecule has 1 aromatic heterocycles. The van der Waals surface area contributed by atoms with E-state index in [2.05, 4.69) is 4.98 Å². The van der Waals surface area contributed by atoms with Gasteiger partial charge in [-0.3, -0.25) is 14.5 Å². The Balaban J connectivity index is 2.38. The molecule has 1 aliphatic rings. The van der Waals surface area contributed by atoms with Crippen LogP contribution < -0.4 is 4.90 Å². The molecule has 0 spiro atoms. The molecule has 0 N–H and O–H groups in total. The Morgan fingerprint density at radius 3 is 2.65 bits per heavy atom. The number of benzene rings is 1. The molecule has 1 amide bonds. The highest BCUT2D eigenvalue weighted by Crippen LogP contribution is 2.28. The predicted molar refractivity (Wildman–Crippen MR) is 62.9 cm³/mol. The van der Waals surface area contributed by atoms with Crippen molar-refractivity contribution in [2.24, 2.45) is 5.92 Å². The summed E-state index contributed by atoms with van der Waals surface area (Å²) in [4.78, 5) is 29.7. The summed E-state index contributed by atoms with van der Waals surface area (Å²) in [5.41, 5.74) is 1.48. The summed E-state index contributed by atoms with van der Waals surface area (Å²) in [5, 5.41) is 0. The summed E-state index contributed by atoms with van der Waals surface area (Å²) in [6.07, 6.45) is 0. The highest BCUT2D eigenvalue weighted by atomic mass is 16.2. The number of para-hydroxylation sites is 2. The van der Waals surface area contributed by atoms with Gasteiger partial charge in [0, 0.05) is 7.05 Å². The Labute approximate surface area is 97.7 Å². The number of hydrogen-bond donors (Lipinski definition) is 0. The smallest absolute Gasteiger partial charge is 0.246 e. The summed E-state index contributed by atoms with van der Waals surface area (Å²) in [7, 11) is 1.64. The largest absolute Gasteiger partial charge is 0.284 e. The lowest BCUT2D eigenvalue weighted by Gasteiger charge is -2.26. The zero-order chi connectivity index (χ0) is 12.2. The van der Waals surface area contributed by atoms with Crippen LogP contribution in [0.25, 0.3) is 11.0 Å². The van der Waals surface area contributed by atoms with E-state index in [-0.39, 0.29) is 11.8 Å². The van der Waals surface area contributed by atoms with Gasteiger partial charge >= 0.3 is 0 Å². The zero-order valence-electron chi connectivity index (χ0n) is 9.54. The fraction of sp³-hybridized carbons (Fsp3) is 0.250. The van der Waals surface area contributed by atoms with Crippen LogP contribution in [0.15, 0.2) is 24.3 Å². The molecule has 3 rings (SSSR count). The van der Waals surface area contributed by atoms with Gasteiger partial charge < -0.3 is 0 Å². The van der Waals surface area contributed by atoms with Crippen LogP contribution >= 0.6 is 0 Å². The molecule has 0 saturated heterocycles. The minimum absolute atomic E-state index is 0.210. The van der Waals surface area contributed by atoms with Crippen molar-refractivity contribution in [3.8, 4) is 0 Å². The van der Waals surface area contributed by atoms with Gasteiger partial charge in [0.1, 0.15) is 5.92 Å². The van der Waals surface area contributed by atoms with Crippen LogP contribution in [0.3, 0.4) is 0 Å². The standard InChI is InChI=1S/C12H11N3O2/c1-7-10(16)14(2)12-13-8-5-3-4-6-9(8)15(12)11(7)17/h3-7H,1-2H3. The molecule has 1 aromatic carbocycles. The van der Waals surface area contributed by atoms with Crippen molar-refractivity contribution in [3.05, 3.63) is 24.3 Å². The van der Waals surface area contributed by atoms with Crippen molar-refractivity contribution in [2.45, 2.75) is 6.92 Å². The molecule has 5 nitrogen and oxygen atoms in total. The van der Waals surface area contributed by atoms with E-state index in [9.17, 15) is 9.59 Å². The Morgan fingerprint density at radius 1 is 1.18 bits per heavy atom. The number of aromatic nitrogens is 2. The van der Waals surface area contributed by atoms with Crippen molar-refractivity contribution in [2.75, 3.05) is 11.9 Å². The van der Waals surface area contributed by atoms with Gasteiger partial charge in [0.2, 0.25) is 17.8 Å². The van der Waals surface area contributed by atoms with E-state index in [0.717, 1.165) is 11.0 Å². The summed E-state index contributed by atoms with van der Waals surface area (Å²) in [6, 6.07) is 7.37. The molecule has 2 aromatic rings. The molecular weight excluding hydrogens is 218 g/mol. The molecule has 1 aliphatic heterocycles. The lowest BCUT2D eigenvalue weighted by molar-refractivity contribution is -0.120. The molecule has 1 atom stereocenters. The molecule has 17 heavy (non-hydrogen) atoms. The number of carbonyl (C=O) groups excluding carboxylic acids is 2. The van der Waals surface area contributed by atoms with E-state index in [0.29, 0.717) is 5.95 Å². The van der Waals surface area contributed by atoms with Crippen molar-refractivity contribution in [1.82, 2.24) is 9.55 Å². The second-order valence-corrected chi connectivity index (χ2v) is 4.19. The van der Waals surface area contributed by atoms with Crippen LogP contribution in [0.2, 0.25) is 0 Å². The molecular formula is C12H11N3O2. The van der Waals surface area contributed by atoms with Gasteiger partial charge in [0.25, 0.3) is 0 Å². The lowest BCUT2D eigenvalue weighted by atomic mass is 10.1. The summed E-state index contributed by atoms with van der Waals surface area (Å²) in [6.45, 7) is 1.62. The average Bonchev–Trinajstić information content (AvgIpc) is 2.73. The number of anilines is 1. The third-order valence-electron chi connectivity index (χ3n) is 3.13. The number of fused-ring (bicyclic) bond motifs is 3. The van der Waals surface area contributed by atoms with Gasteiger partial charge in [-0.15, -0.1) is 0 Å². The quantitative estimate of drug-likeness (QED) is 0.639. The minimum atomic E-state index is -0.648. The average molecular weight is 229 g/mol. The molecule has 2 heterocycles. The van der Waals surface area contributed by atoms with E-state index in [1.165, 1.54) is 9.47 Å². The molecule has 1 unspecified atom stereocenters. The van der Waals surface area contributed by atoms with Crippen LogP contribution in [-0.4, -0.2) is 28.4 Å². The third kappa shape index (κ3) is 1.16. The van der Waals surface area contributed by atoms with Crippen LogP contribution in [0.4, 0.5) is 5.95 Å². The van der Waals surface area contributed by atoms with Gasteiger partial charge in [-0.2, -0.15) is 0 Å². The SMILES string of the molecule is CC1C(=O)N(C)c2nc3ccccc3n2C1=O. The van der Waals surface area contributed by atoms with Gasteiger partial charge in [0.15, 0.2) is 0 Å². The fourth-order valence-corrected chi connectivity index (χ4v) is 2.14. The molecule has 0 saturated carbocycles. The first-order valence-electron chi connectivity index (χ1n) is 5.40. The predicted octanol–water partition coefficient (Wildman–Crippen LogP) is 1.29. The molecule has 5 heteroatoms. The summed E-state index contributed by atoms with van der Waals surface area (Å²) >= 11 is 0. The molecule has 0 bridgehead atoms. The van der Waals surface area contributed by atoms with Crippen molar-refractivity contribution < 1.29 is 9.59 Å². The van der Waals surface area contributed by atoms with E-state index in [4.69, 9.17) is 0 Å².